The first-order valence-electron chi connectivity index (χ1n) is 13.3. The molecular formula is C30H30Cl2N4O4+2. The van der Waals surface area contributed by atoms with Crippen LogP contribution < -0.4 is 20.4 Å². The number of imide groups is 2. The molecule has 3 aromatic rings. The number of rotatable bonds is 10. The molecule has 4 amide bonds. The van der Waals surface area contributed by atoms with E-state index in [9.17, 15) is 19.2 Å². The predicted molar refractivity (Wildman–Crippen MR) is 152 cm³/mol. The van der Waals surface area contributed by atoms with Gasteiger partial charge < -0.3 is 10.6 Å². The van der Waals surface area contributed by atoms with Crippen molar-refractivity contribution in [3.8, 4) is 0 Å². The van der Waals surface area contributed by atoms with E-state index in [1.165, 1.54) is 9.80 Å². The molecule has 0 bridgehead atoms. The second-order valence-electron chi connectivity index (χ2n) is 10.0. The molecule has 5 rings (SSSR count). The number of anilines is 2. The lowest BCUT2D eigenvalue weighted by Gasteiger charge is -2.18. The fourth-order valence-corrected chi connectivity index (χ4v) is 5.72. The molecule has 206 valence electrons. The molecule has 0 aromatic heterocycles. The average Bonchev–Trinajstić information content (AvgIpc) is 3.39. The lowest BCUT2D eigenvalue weighted by Crippen LogP contribution is -2.92. The highest BCUT2D eigenvalue weighted by atomic mass is 35.5. The van der Waals surface area contributed by atoms with Crippen molar-refractivity contribution < 1.29 is 29.8 Å². The Balaban J connectivity index is 1.17. The zero-order chi connectivity index (χ0) is 28.2. The Morgan fingerprint density at radius 2 is 0.975 bits per heavy atom. The van der Waals surface area contributed by atoms with E-state index in [4.69, 9.17) is 23.2 Å². The summed E-state index contributed by atoms with van der Waals surface area (Å²) in [4.78, 5) is 53.9. The van der Waals surface area contributed by atoms with Crippen LogP contribution in [0.15, 0.2) is 72.8 Å². The monoisotopic (exact) mass is 580 g/mol. The zero-order valence-corrected chi connectivity index (χ0v) is 23.3. The third-order valence-electron chi connectivity index (χ3n) is 7.37. The Morgan fingerprint density at radius 3 is 1.35 bits per heavy atom. The molecule has 3 aromatic carbocycles. The van der Waals surface area contributed by atoms with Gasteiger partial charge in [0.1, 0.15) is 0 Å². The fourth-order valence-electron chi connectivity index (χ4n) is 5.25. The predicted octanol–water partition coefficient (Wildman–Crippen LogP) is 1.87. The Bertz CT molecular complexity index is 1340. The maximum atomic E-state index is 13.1. The van der Waals surface area contributed by atoms with Gasteiger partial charge in [-0.05, 0) is 47.5 Å². The Morgan fingerprint density at radius 1 is 0.600 bits per heavy atom. The first-order chi connectivity index (χ1) is 19.3. The number of carbonyl (C=O) groups excluding carboxylic acids is 4. The summed E-state index contributed by atoms with van der Waals surface area (Å²) in [7, 11) is 0. The minimum absolute atomic E-state index is 0.109. The van der Waals surface area contributed by atoms with Gasteiger partial charge in [-0.3, -0.25) is 19.2 Å². The van der Waals surface area contributed by atoms with Crippen molar-refractivity contribution in [2.75, 3.05) is 22.9 Å². The number of quaternary nitrogens is 2. The van der Waals surface area contributed by atoms with E-state index < -0.39 is 12.1 Å². The number of carbonyl (C=O) groups is 4. The van der Waals surface area contributed by atoms with Crippen LogP contribution in [0.4, 0.5) is 11.4 Å². The van der Waals surface area contributed by atoms with Crippen molar-refractivity contribution in [2.24, 2.45) is 0 Å². The second kappa shape index (κ2) is 12.3. The maximum absolute atomic E-state index is 13.1. The number of amides is 4. The van der Waals surface area contributed by atoms with Crippen LogP contribution in [0.1, 0.15) is 24.0 Å². The molecule has 2 heterocycles. The molecule has 40 heavy (non-hydrogen) atoms. The summed E-state index contributed by atoms with van der Waals surface area (Å²) < 4.78 is 0. The smallest absolute Gasteiger partial charge is 0.292 e. The van der Waals surface area contributed by atoms with Crippen molar-refractivity contribution in [3.05, 3.63) is 94.0 Å². The van der Waals surface area contributed by atoms with Crippen molar-refractivity contribution in [1.29, 1.82) is 0 Å². The van der Waals surface area contributed by atoms with Gasteiger partial charge in [0.15, 0.2) is 12.1 Å². The summed E-state index contributed by atoms with van der Waals surface area (Å²) in [5, 5.41) is 5.12. The molecule has 8 nitrogen and oxygen atoms in total. The SMILES string of the molecule is O=C1C[C@@H]([NH2+]CCc2ccccc2Cl)C(=O)N1c1ccc(N2C(=O)C[C@@H]([NH2+]CCc3ccccc3Cl)C2=O)cc1. The van der Waals surface area contributed by atoms with E-state index in [0.29, 0.717) is 47.4 Å². The number of hydrogen-bond acceptors (Lipinski definition) is 4. The van der Waals surface area contributed by atoms with Crippen LogP contribution in [0.25, 0.3) is 0 Å². The van der Waals surface area contributed by atoms with Gasteiger partial charge in [-0.15, -0.1) is 0 Å². The number of hydrogen-bond donors (Lipinski definition) is 2. The molecule has 2 aliphatic heterocycles. The molecule has 4 N–H and O–H groups in total. The molecule has 2 saturated heterocycles. The second-order valence-corrected chi connectivity index (χ2v) is 10.8. The van der Waals surface area contributed by atoms with Crippen molar-refractivity contribution in [1.82, 2.24) is 0 Å². The van der Waals surface area contributed by atoms with Gasteiger partial charge in [-0.1, -0.05) is 59.6 Å². The quantitative estimate of drug-likeness (QED) is 0.357. The van der Waals surface area contributed by atoms with E-state index in [0.717, 1.165) is 11.1 Å². The van der Waals surface area contributed by atoms with E-state index in [1.807, 2.05) is 59.2 Å². The van der Waals surface area contributed by atoms with Gasteiger partial charge in [0.25, 0.3) is 11.8 Å². The highest BCUT2D eigenvalue weighted by Crippen LogP contribution is 2.27. The topological polar surface area (TPSA) is 108 Å². The van der Waals surface area contributed by atoms with Crippen LogP contribution in [0.2, 0.25) is 10.0 Å². The standard InChI is InChI=1S/C30H28Cl2N4O4/c31-23-7-3-1-5-19(23)13-15-33-25-17-27(37)35(29(25)39)21-9-11-22(12-10-21)36-28(38)18-26(30(36)40)34-16-14-20-6-2-4-8-24(20)32/h1-12,25-26,33-34H,13-18H2/p+2/t25-,26-/m1/s1. The first-order valence-corrected chi connectivity index (χ1v) is 14.1. The van der Waals surface area contributed by atoms with E-state index in [2.05, 4.69) is 0 Å². The minimum atomic E-state index is -0.501. The number of halogens is 2. The fraction of sp³-hybridized carbons (Fsp3) is 0.267. The summed E-state index contributed by atoms with van der Waals surface area (Å²) in [6.45, 7) is 1.24. The van der Waals surface area contributed by atoms with Gasteiger partial charge in [-0.25, -0.2) is 9.80 Å². The zero-order valence-electron chi connectivity index (χ0n) is 21.8. The minimum Gasteiger partial charge on any atom is -0.335 e. The number of nitrogens with two attached hydrogens (primary N) is 2. The summed E-state index contributed by atoms with van der Waals surface area (Å²) in [5.74, 6) is -1.12. The lowest BCUT2D eigenvalue weighted by molar-refractivity contribution is -0.674. The van der Waals surface area contributed by atoms with Crippen LogP contribution in [-0.4, -0.2) is 48.8 Å². The van der Waals surface area contributed by atoms with E-state index in [-0.39, 0.29) is 36.5 Å². The molecular weight excluding hydrogens is 551 g/mol. The molecule has 2 aliphatic rings. The molecule has 2 atom stereocenters. The van der Waals surface area contributed by atoms with Gasteiger partial charge in [0, 0.05) is 22.9 Å². The van der Waals surface area contributed by atoms with Crippen molar-refractivity contribution >= 4 is 58.2 Å². The summed E-state index contributed by atoms with van der Waals surface area (Å²) >= 11 is 12.4. The third-order valence-corrected chi connectivity index (χ3v) is 8.11. The summed E-state index contributed by atoms with van der Waals surface area (Å²) in [6, 6.07) is 20.5. The average molecular weight is 582 g/mol. The molecule has 0 aliphatic carbocycles. The largest absolute Gasteiger partial charge is 0.335 e. The third kappa shape index (κ3) is 5.95. The van der Waals surface area contributed by atoms with E-state index >= 15 is 0 Å². The van der Waals surface area contributed by atoms with Gasteiger partial charge >= 0.3 is 0 Å². The Kier molecular flexibility index (Phi) is 8.61. The number of benzene rings is 3. The maximum Gasteiger partial charge on any atom is 0.292 e. The van der Waals surface area contributed by atoms with Crippen molar-refractivity contribution in [3.63, 3.8) is 0 Å². The lowest BCUT2D eigenvalue weighted by atomic mass is 10.1. The van der Waals surface area contributed by atoms with Crippen LogP contribution in [0.5, 0.6) is 0 Å². The highest BCUT2D eigenvalue weighted by Gasteiger charge is 2.44. The van der Waals surface area contributed by atoms with Gasteiger partial charge in [0.05, 0.1) is 37.3 Å². The van der Waals surface area contributed by atoms with Gasteiger partial charge in [0.2, 0.25) is 11.8 Å². The van der Waals surface area contributed by atoms with Crippen LogP contribution in [-0.2, 0) is 32.0 Å². The van der Waals surface area contributed by atoms with Crippen LogP contribution >= 0.6 is 23.2 Å². The molecule has 0 spiro atoms. The molecule has 0 saturated carbocycles. The normalized spacial score (nSPS) is 19.2. The summed E-state index contributed by atoms with van der Waals surface area (Å²) in [5.41, 5.74) is 2.83. The molecule has 0 unspecified atom stereocenters. The molecule has 0 radical (unpaired) electrons. The highest BCUT2D eigenvalue weighted by molar-refractivity contribution is 6.31. The van der Waals surface area contributed by atoms with E-state index in [1.54, 1.807) is 24.3 Å². The molecule has 2 fully saturated rings. The van der Waals surface area contributed by atoms with Crippen LogP contribution in [0, 0.1) is 0 Å². The Hall–Kier alpha value is -3.56. The van der Waals surface area contributed by atoms with Gasteiger partial charge in [-0.2, -0.15) is 0 Å². The Labute approximate surface area is 242 Å². The molecule has 10 heteroatoms. The van der Waals surface area contributed by atoms with Crippen molar-refractivity contribution in [2.45, 2.75) is 37.8 Å². The first kappa shape index (κ1) is 28.0. The number of nitrogens with zero attached hydrogens (tertiary/aromatic N) is 2. The summed E-state index contributed by atoms with van der Waals surface area (Å²) in [6.07, 6.45) is 1.58. The van der Waals surface area contributed by atoms with Crippen LogP contribution in [0.3, 0.4) is 0 Å².